The summed E-state index contributed by atoms with van der Waals surface area (Å²) in [4.78, 5) is 37.5. The standard InChI is InChI=1S/C31H31N3O7/c1-5-39-25-14-10-23(11-15-25)32-29(35)19-41-27-16-7-21(18-28(27)38-4)17-26-20(3)33-34(30(26)36)24-12-8-22(9-13-24)31(37)40-6-2/h7-18H,5-6,19H2,1-4H3,(H,32,35). The lowest BCUT2D eigenvalue weighted by Crippen LogP contribution is -2.21. The maximum absolute atomic E-state index is 13.2. The molecule has 212 valence electrons. The molecule has 1 aliphatic heterocycles. The third-order valence-electron chi connectivity index (χ3n) is 5.99. The number of hydrogen-bond donors (Lipinski definition) is 1. The number of nitrogens with zero attached hydrogens (tertiary/aromatic N) is 2. The molecule has 0 saturated carbocycles. The summed E-state index contributed by atoms with van der Waals surface area (Å²) in [5.74, 6) is 0.432. The van der Waals surface area contributed by atoms with E-state index in [0.717, 1.165) is 5.75 Å². The number of carbonyl (C=O) groups is 3. The second-order valence-corrected chi connectivity index (χ2v) is 8.83. The van der Waals surface area contributed by atoms with E-state index in [1.807, 2.05) is 6.92 Å². The average molecular weight is 558 g/mol. The van der Waals surface area contributed by atoms with Crippen molar-refractivity contribution >= 4 is 40.9 Å². The summed E-state index contributed by atoms with van der Waals surface area (Å²) in [7, 11) is 1.49. The first-order chi connectivity index (χ1) is 19.8. The van der Waals surface area contributed by atoms with Gasteiger partial charge < -0.3 is 24.3 Å². The van der Waals surface area contributed by atoms with Gasteiger partial charge in [-0.05, 0) is 93.1 Å². The van der Waals surface area contributed by atoms with Crippen molar-refractivity contribution in [1.29, 1.82) is 0 Å². The summed E-state index contributed by atoms with van der Waals surface area (Å²) >= 11 is 0. The number of hydrazone groups is 1. The van der Waals surface area contributed by atoms with Gasteiger partial charge in [-0.25, -0.2) is 4.79 Å². The van der Waals surface area contributed by atoms with Crippen LogP contribution >= 0.6 is 0 Å². The molecule has 2 amide bonds. The molecule has 0 radical (unpaired) electrons. The Morgan fingerprint density at radius 2 is 1.66 bits per heavy atom. The van der Waals surface area contributed by atoms with Crippen molar-refractivity contribution in [2.45, 2.75) is 20.8 Å². The molecule has 0 bridgehead atoms. The van der Waals surface area contributed by atoms with Gasteiger partial charge in [0, 0.05) is 5.69 Å². The first kappa shape index (κ1) is 28.9. The topological polar surface area (TPSA) is 116 Å². The van der Waals surface area contributed by atoms with Crippen LogP contribution in [0.5, 0.6) is 17.2 Å². The first-order valence-electron chi connectivity index (χ1n) is 13.0. The maximum atomic E-state index is 13.2. The van der Waals surface area contributed by atoms with Crippen LogP contribution < -0.4 is 24.5 Å². The summed E-state index contributed by atoms with van der Waals surface area (Å²) in [6.07, 6.45) is 1.71. The van der Waals surface area contributed by atoms with Crippen LogP contribution in [0.3, 0.4) is 0 Å². The molecule has 0 saturated heterocycles. The van der Waals surface area contributed by atoms with E-state index < -0.39 is 5.97 Å². The van der Waals surface area contributed by atoms with E-state index in [-0.39, 0.29) is 25.0 Å². The van der Waals surface area contributed by atoms with Crippen molar-refractivity contribution in [3.63, 3.8) is 0 Å². The number of ether oxygens (including phenoxy) is 4. The highest BCUT2D eigenvalue weighted by atomic mass is 16.5. The van der Waals surface area contributed by atoms with Crippen molar-refractivity contribution in [1.82, 2.24) is 0 Å². The van der Waals surface area contributed by atoms with Crippen molar-refractivity contribution < 1.29 is 33.3 Å². The molecular weight excluding hydrogens is 526 g/mol. The van der Waals surface area contributed by atoms with Crippen LogP contribution in [0.1, 0.15) is 36.7 Å². The van der Waals surface area contributed by atoms with Crippen LogP contribution in [0.2, 0.25) is 0 Å². The van der Waals surface area contributed by atoms with Crippen LogP contribution in [0.4, 0.5) is 11.4 Å². The number of anilines is 2. The Balaban J connectivity index is 1.41. The Labute approximate surface area is 238 Å². The number of esters is 1. The largest absolute Gasteiger partial charge is 0.494 e. The number of methoxy groups -OCH3 is 1. The van der Waals surface area contributed by atoms with Crippen LogP contribution in [-0.4, -0.2) is 50.4 Å². The molecule has 0 aromatic heterocycles. The molecule has 0 spiro atoms. The van der Waals surface area contributed by atoms with Gasteiger partial charge in [-0.2, -0.15) is 10.1 Å². The maximum Gasteiger partial charge on any atom is 0.338 e. The zero-order chi connectivity index (χ0) is 29.4. The number of amides is 2. The van der Waals surface area contributed by atoms with Crippen LogP contribution in [0, 0.1) is 0 Å². The van der Waals surface area contributed by atoms with Crippen molar-refractivity contribution in [2.75, 3.05) is 37.3 Å². The number of rotatable bonds is 11. The molecule has 0 fully saturated rings. The molecule has 3 aromatic rings. The molecule has 0 unspecified atom stereocenters. The third kappa shape index (κ3) is 7.10. The highest BCUT2D eigenvalue weighted by Gasteiger charge is 2.29. The highest BCUT2D eigenvalue weighted by molar-refractivity contribution is 6.32. The summed E-state index contributed by atoms with van der Waals surface area (Å²) in [5.41, 5.74) is 3.17. The van der Waals surface area contributed by atoms with E-state index in [1.165, 1.54) is 12.1 Å². The normalized spacial score (nSPS) is 13.6. The molecule has 10 heteroatoms. The van der Waals surface area contributed by atoms with Gasteiger partial charge >= 0.3 is 5.97 Å². The predicted octanol–water partition coefficient (Wildman–Crippen LogP) is 5.09. The molecule has 0 aliphatic carbocycles. The molecule has 0 atom stereocenters. The first-order valence-corrected chi connectivity index (χ1v) is 13.0. The summed E-state index contributed by atoms with van der Waals surface area (Å²) in [6.45, 7) is 6.00. The zero-order valence-electron chi connectivity index (χ0n) is 23.3. The molecule has 10 nitrogen and oxygen atoms in total. The lowest BCUT2D eigenvalue weighted by molar-refractivity contribution is -0.118. The number of hydrogen-bond acceptors (Lipinski definition) is 8. The van der Waals surface area contributed by atoms with E-state index in [4.69, 9.17) is 18.9 Å². The van der Waals surface area contributed by atoms with Gasteiger partial charge in [0.05, 0.1) is 42.9 Å². The zero-order valence-corrected chi connectivity index (χ0v) is 23.3. The van der Waals surface area contributed by atoms with E-state index >= 15 is 0 Å². The molecule has 41 heavy (non-hydrogen) atoms. The van der Waals surface area contributed by atoms with E-state index in [1.54, 1.807) is 86.7 Å². The van der Waals surface area contributed by atoms with E-state index in [9.17, 15) is 14.4 Å². The average Bonchev–Trinajstić information content (AvgIpc) is 3.26. The Hall–Kier alpha value is -5.12. The quantitative estimate of drug-likeness (QED) is 0.258. The second-order valence-electron chi connectivity index (χ2n) is 8.83. The molecule has 1 aliphatic rings. The number of benzene rings is 3. The number of carbonyl (C=O) groups excluding carboxylic acids is 3. The van der Waals surface area contributed by atoms with Crippen LogP contribution in [-0.2, 0) is 14.3 Å². The van der Waals surface area contributed by atoms with Crippen molar-refractivity contribution in [3.8, 4) is 17.2 Å². The Morgan fingerprint density at radius 3 is 2.32 bits per heavy atom. The van der Waals surface area contributed by atoms with Gasteiger partial charge in [-0.3, -0.25) is 9.59 Å². The highest BCUT2D eigenvalue weighted by Crippen LogP contribution is 2.31. The summed E-state index contributed by atoms with van der Waals surface area (Å²) < 4.78 is 21.6. The van der Waals surface area contributed by atoms with Crippen molar-refractivity contribution in [2.24, 2.45) is 5.10 Å². The summed E-state index contributed by atoms with van der Waals surface area (Å²) in [6, 6.07) is 18.7. The fraction of sp³-hybridized carbons (Fsp3) is 0.226. The fourth-order valence-corrected chi connectivity index (χ4v) is 4.01. The Kier molecular flexibility index (Phi) is 9.36. The SMILES string of the molecule is CCOC(=O)c1ccc(N2N=C(C)C(=Cc3ccc(OCC(=O)Nc4ccc(OCC)cc4)c(OC)c3)C2=O)cc1. The molecule has 4 rings (SSSR count). The van der Waals surface area contributed by atoms with Gasteiger partial charge in [0.25, 0.3) is 11.8 Å². The molecule has 1 heterocycles. The Bertz CT molecular complexity index is 1480. The minimum Gasteiger partial charge on any atom is -0.494 e. The predicted molar refractivity (Wildman–Crippen MR) is 156 cm³/mol. The Morgan fingerprint density at radius 1 is 0.927 bits per heavy atom. The minimum atomic E-state index is -0.429. The van der Waals surface area contributed by atoms with Gasteiger partial charge in [0.15, 0.2) is 18.1 Å². The lowest BCUT2D eigenvalue weighted by atomic mass is 10.1. The molecule has 1 N–H and O–H groups in total. The van der Waals surface area contributed by atoms with Gasteiger partial charge in [-0.1, -0.05) is 6.07 Å². The monoisotopic (exact) mass is 557 g/mol. The second kappa shape index (κ2) is 13.3. The van der Waals surface area contributed by atoms with Gasteiger partial charge in [-0.15, -0.1) is 0 Å². The smallest absolute Gasteiger partial charge is 0.338 e. The third-order valence-corrected chi connectivity index (χ3v) is 5.99. The lowest BCUT2D eigenvalue weighted by Gasteiger charge is -2.13. The van der Waals surface area contributed by atoms with Crippen LogP contribution in [0.25, 0.3) is 6.08 Å². The van der Waals surface area contributed by atoms with Crippen molar-refractivity contribution in [3.05, 3.63) is 83.4 Å². The molecule has 3 aromatic carbocycles. The van der Waals surface area contributed by atoms with Gasteiger partial charge in [0.2, 0.25) is 0 Å². The van der Waals surface area contributed by atoms with E-state index in [2.05, 4.69) is 10.4 Å². The minimum absolute atomic E-state index is 0.224. The fourth-order valence-electron chi connectivity index (χ4n) is 4.01. The van der Waals surface area contributed by atoms with Gasteiger partial charge in [0.1, 0.15) is 5.75 Å². The number of nitrogens with one attached hydrogen (secondary N) is 1. The summed E-state index contributed by atoms with van der Waals surface area (Å²) in [5, 5.41) is 8.45. The van der Waals surface area contributed by atoms with Crippen LogP contribution in [0.15, 0.2) is 77.4 Å². The molecular formula is C31H31N3O7. The van der Waals surface area contributed by atoms with E-state index in [0.29, 0.717) is 51.9 Å².